The van der Waals surface area contributed by atoms with Gasteiger partial charge in [-0.3, -0.25) is 4.79 Å². The van der Waals surface area contributed by atoms with Gasteiger partial charge in [0.15, 0.2) is 0 Å². The number of hydrogen-bond acceptors (Lipinski definition) is 8. The van der Waals surface area contributed by atoms with Crippen molar-refractivity contribution in [2.24, 2.45) is 11.8 Å². The third kappa shape index (κ3) is 2.85. The monoisotopic (exact) mass is 418 g/mol. The van der Waals surface area contributed by atoms with Crippen LogP contribution in [0.15, 0.2) is 35.5 Å². The predicted octanol–water partition coefficient (Wildman–Crippen LogP) is 1.37. The van der Waals surface area contributed by atoms with Gasteiger partial charge in [-0.25, -0.2) is 9.59 Å². The summed E-state index contributed by atoms with van der Waals surface area (Å²) in [5.41, 5.74) is -1.44. The van der Waals surface area contributed by atoms with Gasteiger partial charge >= 0.3 is 17.9 Å². The standard InChI is InChI=1S/C22H26O8/c1-6-10(2)19(24)29-15-8-21(9-27-21)17-14(28-13(5)23)7-11(3)22(17,26)18-16(15)12(4)20(25)30-18/h6-7,14-18,26H,4,8-9H2,1-3,5H3/b10-6+. The molecule has 2 aliphatic heterocycles. The molecule has 2 saturated heterocycles. The van der Waals surface area contributed by atoms with E-state index in [1.54, 1.807) is 32.9 Å². The first kappa shape index (κ1) is 20.8. The highest BCUT2D eigenvalue weighted by Crippen LogP contribution is 2.60. The van der Waals surface area contributed by atoms with E-state index in [0.717, 1.165) is 0 Å². The minimum atomic E-state index is -1.65. The molecule has 0 radical (unpaired) electrons. The molecular weight excluding hydrogens is 392 g/mol. The molecule has 2 aliphatic carbocycles. The third-order valence-electron chi connectivity index (χ3n) is 6.85. The van der Waals surface area contributed by atoms with Gasteiger partial charge in [0.1, 0.15) is 29.5 Å². The lowest BCUT2D eigenvalue weighted by atomic mass is 9.73. The maximum Gasteiger partial charge on any atom is 0.334 e. The summed E-state index contributed by atoms with van der Waals surface area (Å²) in [6.07, 6.45) is 0.952. The lowest BCUT2D eigenvalue weighted by molar-refractivity contribution is -0.169. The molecule has 30 heavy (non-hydrogen) atoms. The Labute approximate surface area is 174 Å². The van der Waals surface area contributed by atoms with Crippen LogP contribution in [-0.4, -0.2) is 59.1 Å². The van der Waals surface area contributed by atoms with Crippen molar-refractivity contribution in [1.29, 1.82) is 0 Å². The molecule has 1 saturated carbocycles. The Morgan fingerprint density at radius 2 is 2.00 bits per heavy atom. The van der Waals surface area contributed by atoms with Crippen LogP contribution in [0.3, 0.4) is 0 Å². The number of carbonyl (C=O) groups excluding carboxylic acids is 3. The summed E-state index contributed by atoms with van der Waals surface area (Å²) >= 11 is 0. The molecular formula is C22H26O8. The first-order valence-corrected chi connectivity index (χ1v) is 10.0. The summed E-state index contributed by atoms with van der Waals surface area (Å²) in [6.45, 7) is 10.5. The van der Waals surface area contributed by atoms with E-state index < -0.39 is 59.3 Å². The van der Waals surface area contributed by atoms with Crippen LogP contribution in [0.4, 0.5) is 0 Å². The van der Waals surface area contributed by atoms with Crippen molar-refractivity contribution >= 4 is 17.9 Å². The molecule has 7 unspecified atom stereocenters. The second kappa shape index (κ2) is 6.78. The summed E-state index contributed by atoms with van der Waals surface area (Å²) in [7, 11) is 0. The van der Waals surface area contributed by atoms with Gasteiger partial charge in [-0.05, 0) is 32.4 Å². The lowest BCUT2D eigenvalue weighted by Crippen LogP contribution is -2.56. The number of carbonyl (C=O) groups is 3. The molecule has 8 nitrogen and oxygen atoms in total. The molecule has 1 spiro atoms. The molecule has 2 heterocycles. The van der Waals surface area contributed by atoms with E-state index in [-0.39, 0.29) is 12.0 Å². The Bertz CT molecular complexity index is 895. The zero-order valence-corrected chi connectivity index (χ0v) is 17.5. The van der Waals surface area contributed by atoms with E-state index in [1.165, 1.54) is 6.92 Å². The van der Waals surface area contributed by atoms with Crippen LogP contribution in [0.5, 0.6) is 0 Å². The lowest BCUT2D eigenvalue weighted by Gasteiger charge is -2.39. The van der Waals surface area contributed by atoms with Crippen LogP contribution < -0.4 is 0 Å². The summed E-state index contributed by atoms with van der Waals surface area (Å²) in [6, 6.07) is 0. The SMILES string of the molecule is C=C1C(=O)OC2C1C(OC(=O)/C(C)=C/C)CC1(CO1)C1C(OC(C)=O)C=C(C)C21O. The number of allylic oxidation sites excluding steroid dienone is 1. The molecule has 7 atom stereocenters. The highest BCUT2D eigenvalue weighted by atomic mass is 16.6. The van der Waals surface area contributed by atoms with E-state index >= 15 is 0 Å². The second-order valence-electron chi connectivity index (χ2n) is 8.58. The number of epoxide rings is 1. The molecule has 1 N–H and O–H groups in total. The number of aliphatic hydroxyl groups is 1. The van der Waals surface area contributed by atoms with Gasteiger partial charge in [0, 0.05) is 24.5 Å². The summed E-state index contributed by atoms with van der Waals surface area (Å²) in [5, 5.41) is 11.9. The van der Waals surface area contributed by atoms with E-state index in [0.29, 0.717) is 17.8 Å². The summed E-state index contributed by atoms with van der Waals surface area (Å²) in [5.74, 6) is -3.11. The molecule has 162 valence electrons. The number of esters is 3. The van der Waals surface area contributed by atoms with Crippen molar-refractivity contribution < 1.29 is 38.4 Å². The normalized spacial score (nSPS) is 42.1. The average molecular weight is 418 g/mol. The molecule has 4 rings (SSSR count). The van der Waals surface area contributed by atoms with Gasteiger partial charge in [-0.1, -0.05) is 12.7 Å². The maximum atomic E-state index is 12.5. The zero-order valence-electron chi connectivity index (χ0n) is 17.5. The van der Waals surface area contributed by atoms with E-state index in [2.05, 4.69) is 6.58 Å². The van der Waals surface area contributed by atoms with Crippen molar-refractivity contribution in [1.82, 2.24) is 0 Å². The molecule has 0 bridgehead atoms. The molecule has 0 aromatic carbocycles. The maximum absolute atomic E-state index is 12.5. The minimum Gasteiger partial charge on any atom is -0.458 e. The van der Waals surface area contributed by atoms with E-state index in [4.69, 9.17) is 18.9 Å². The fourth-order valence-electron chi connectivity index (χ4n) is 5.18. The smallest absolute Gasteiger partial charge is 0.334 e. The van der Waals surface area contributed by atoms with Gasteiger partial charge in [0.2, 0.25) is 0 Å². The van der Waals surface area contributed by atoms with Crippen LogP contribution in [0.2, 0.25) is 0 Å². The van der Waals surface area contributed by atoms with Crippen LogP contribution in [0, 0.1) is 11.8 Å². The highest BCUT2D eigenvalue weighted by Gasteiger charge is 2.74. The van der Waals surface area contributed by atoms with Crippen LogP contribution in [-0.2, 0) is 33.3 Å². The molecule has 0 aromatic rings. The Morgan fingerprint density at radius 3 is 2.57 bits per heavy atom. The zero-order chi connectivity index (χ0) is 22.0. The number of ether oxygens (including phenoxy) is 4. The van der Waals surface area contributed by atoms with Gasteiger partial charge in [-0.15, -0.1) is 0 Å². The van der Waals surface area contributed by atoms with Crippen LogP contribution >= 0.6 is 0 Å². The molecule has 8 heteroatoms. The molecule has 0 amide bonds. The van der Waals surface area contributed by atoms with Crippen LogP contribution in [0.25, 0.3) is 0 Å². The van der Waals surface area contributed by atoms with E-state index in [9.17, 15) is 19.5 Å². The van der Waals surface area contributed by atoms with Crippen molar-refractivity contribution in [3.8, 4) is 0 Å². The second-order valence-corrected chi connectivity index (χ2v) is 8.58. The molecule has 3 fully saturated rings. The summed E-state index contributed by atoms with van der Waals surface area (Å²) in [4.78, 5) is 36.7. The average Bonchev–Trinajstić information content (AvgIpc) is 3.31. The Hall–Kier alpha value is -2.45. The first-order valence-electron chi connectivity index (χ1n) is 10.0. The number of hydrogen-bond donors (Lipinski definition) is 1. The van der Waals surface area contributed by atoms with Gasteiger partial charge in [0.25, 0.3) is 0 Å². The largest absolute Gasteiger partial charge is 0.458 e. The fourth-order valence-corrected chi connectivity index (χ4v) is 5.18. The predicted molar refractivity (Wildman–Crippen MR) is 103 cm³/mol. The van der Waals surface area contributed by atoms with Gasteiger partial charge in [0.05, 0.1) is 18.4 Å². The number of rotatable bonds is 3. The van der Waals surface area contributed by atoms with Crippen molar-refractivity contribution in [2.75, 3.05) is 6.61 Å². The Morgan fingerprint density at radius 1 is 1.33 bits per heavy atom. The first-order chi connectivity index (χ1) is 14.0. The van der Waals surface area contributed by atoms with Gasteiger partial charge < -0.3 is 24.1 Å². The number of fused-ring (bicyclic) bond motifs is 4. The van der Waals surface area contributed by atoms with E-state index in [1.807, 2.05) is 0 Å². The van der Waals surface area contributed by atoms with Crippen molar-refractivity contribution in [2.45, 2.75) is 63.6 Å². The molecule has 4 aliphatic rings. The molecule has 0 aromatic heterocycles. The Balaban J connectivity index is 1.80. The highest BCUT2D eigenvalue weighted by molar-refractivity contribution is 5.92. The quantitative estimate of drug-likeness (QED) is 0.241. The minimum absolute atomic E-state index is 0.143. The topological polar surface area (TPSA) is 112 Å². The van der Waals surface area contributed by atoms with Gasteiger partial charge in [-0.2, -0.15) is 0 Å². The third-order valence-corrected chi connectivity index (χ3v) is 6.85. The Kier molecular flexibility index (Phi) is 4.70. The van der Waals surface area contributed by atoms with Crippen LogP contribution in [0.1, 0.15) is 34.1 Å². The van der Waals surface area contributed by atoms with Crippen molar-refractivity contribution in [3.05, 3.63) is 35.5 Å². The fraction of sp³-hybridized carbons (Fsp3) is 0.591. The summed E-state index contributed by atoms with van der Waals surface area (Å²) < 4.78 is 22.7. The van der Waals surface area contributed by atoms with Crippen molar-refractivity contribution in [3.63, 3.8) is 0 Å².